The highest BCUT2D eigenvalue weighted by molar-refractivity contribution is 5.80. The summed E-state index contributed by atoms with van der Waals surface area (Å²) in [5.74, 6) is 0.179. The molecule has 6 nitrogen and oxygen atoms in total. The number of phenolic OH excluding ortho intramolecular Hbond substituents is 2. The number of aromatic nitrogens is 2. The molecule has 0 bridgehead atoms. The zero-order valence-electron chi connectivity index (χ0n) is 17.0. The molecule has 1 aliphatic rings. The van der Waals surface area contributed by atoms with Crippen molar-refractivity contribution < 1.29 is 10.2 Å². The average Bonchev–Trinajstić information content (AvgIpc) is 3.20. The van der Waals surface area contributed by atoms with Gasteiger partial charge in [-0.1, -0.05) is 23.8 Å². The largest absolute Gasteiger partial charge is 0.508 e. The van der Waals surface area contributed by atoms with Crippen LogP contribution in [-0.2, 0) is 12.8 Å². The number of piperazine rings is 1. The minimum Gasteiger partial charge on any atom is -0.508 e. The molecule has 0 amide bonds. The van der Waals surface area contributed by atoms with E-state index in [-0.39, 0.29) is 11.5 Å². The molecule has 1 saturated heterocycles. The maximum absolute atomic E-state index is 10.5. The van der Waals surface area contributed by atoms with Crippen molar-refractivity contribution in [1.82, 2.24) is 15.5 Å². The highest BCUT2D eigenvalue weighted by Gasteiger charge is 2.20. The summed E-state index contributed by atoms with van der Waals surface area (Å²) in [4.78, 5) is 2.26. The van der Waals surface area contributed by atoms with E-state index in [9.17, 15) is 10.2 Å². The molecule has 0 unspecified atom stereocenters. The standard InChI is InChI=1S/C23H28N4O2/c1-15-3-4-16(2)17(11-15)5-6-18-12-19(22(29)13-21(18)28)23-20(14-25-26-23)27-9-7-24-8-10-27/h3-4,11-14,24,28-29H,5-10H2,1-2H3,(H,25,26). The Morgan fingerprint density at radius 1 is 0.966 bits per heavy atom. The van der Waals surface area contributed by atoms with E-state index in [0.717, 1.165) is 49.5 Å². The summed E-state index contributed by atoms with van der Waals surface area (Å²) >= 11 is 0. The van der Waals surface area contributed by atoms with Crippen molar-refractivity contribution >= 4 is 5.69 Å². The molecule has 29 heavy (non-hydrogen) atoms. The Balaban J connectivity index is 1.63. The Labute approximate surface area is 171 Å². The molecular weight excluding hydrogens is 364 g/mol. The van der Waals surface area contributed by atoms with E-state index < -0.39 is 0 Å². The maximum Gasteiger partial charge on any atom is 0.128 e. The monoisotopic (exact) mass is 392 g/mol. The van der Waals surface area contributed by atoms with Crippen LogP contribution in [0.4, 0.5) is 5.69 Å². The number of nitrogens with zero attached hydrogens (tertiary/aromatic N) is 2. The fraction of sp³-hybridized carbons (Fsp3) is 0.348. The van der Waals surface area contributed by atoms with Crippen LogP contribution in [0.3, 0.4) is 0 Å². The van der Waals surface area contributed by atoms with Crippen LogP contribution in [-0.4, -0.2) is 46.6 Å². The molecule has 0 radical (unpaired) electrons. The first-order chi connectivity index (χ1) is 14.0. The lowest BCUT2D eigenvalue weighted by atomic mass is 9.96. The number of hydrogen-bond donors (Lipinski definition) is 4. The van der Waals surface area contributed by atoms with Crippen LogP contribution in [0, 0.1) is 13.8 Å². The molecular formula is C23H28N4O2. The van der Waals surface area contributed by atoms with E-state index in [1.165, 1.54) is 22.8 Å². The molecule has 3 aromatic rings. The van der Waals surface area contributed by atoms with Gasteiger partial charge in [0.15, 0.2) is 0 Å². The van der Waals surface area contributed by atoms with Crippen molar-refractivity contribution in [3.8, 4) is 22.8 Å². The predicted molar refractivity (Wildman–Crippen MR) is 116 cm³/mol. The van der Waals surface area contributed by atoms with Gasteiger partial charge in [-0.05, 0) is 49.4 Å². The number of nitrogens with one attached hydrogen (secondary N) is 2. The lowest BCUT2D eigenvalue weighted by molar-refractivity contribution is 0.447. The van der Waals surface area contributed by atoms with Gasteiger partial charge in [-0.2, -0.15) is 5.10 Å². The third kappa shape index (κ3) is 4.07. The van der Waals surface area contributed by atoms with E-state index in [4.69, 9.17) is 0 Å². The Morgan fingerprint density at radius 2 is 1.72 bits per heavy atom. The molecule has 152 valence electrons. The summed E-state index contributed by atoms with van der Waals surface area (Å²) in [6.07, 6.45) is 3.34. The number of aryl methyl sites for hydroxylation is 4. The van der Waals surface area contributed by atoms with Crippen LogP contribution in [0.25, 0.3) is 11.3 Å². The second-order valence-corrected chi connectivity index (χ2v) is 7.80. The van der Waals surface area contributed by atoms with Gasteiger partial charge >= 0.3 is 0 Å². The lowest BCUT2D eigenvalue weighted by Crippen LogP contribution is -2.43. The van der Waals surface area contributed by atoms with Gasteiger partial charge in [0.1, 0.15) is 11.5 Å². The molecule has 1 fully saturated rings. The average molecular weight is 393 g/mol. The number of benzene rings is 2. The van der Waals surface area contributed by atoms with Crippen molar-refractivity contribution in [3.63, 3.8) is 0 Å². The number of aromatic amines is 1. The molecule has 2 aromatic carbocycles. The molecule has 1 aromatic heterocycles. The van der Waals surface area contributed by atoms with E-state index >= 15 is 0 Å². The van der Waals surface area contributed by atoms with Crippen molar-refractivity contribution in [1.29, 1.82) is 0 Å². The topological polar surface area (TPSA) is 84.4 Å². The number of anilines is 1. The second-order valence-electron chi connectivity index (χ2n) is 7.80. The minimum absolute atomic E-state index is 0.0543. The first-order valence-corrected chi connectivity index (χ1v) is 10.1. The first-order valence-electron chi connectivity index (χ1n) is 10.1. The molecule has 1 aliphatic heterocycles. The molecule has 4 N–H and O–H groups in total. The molecule has 2 heterocycles. The lowest BCUT2D eigenvalue weighted by Gasteiger charge is -2.29. The number of aromatic hydroxyl groups is 2. The van der Waals surface area contributed by atoms with Gasteiger partial charge in [-0.3, -0.25) is 5.10 Å². The number of rotatable bonds is 5. The summed E-state index contributed by atoms with van der Waals surface area (Å²) in [5, 5.41) is 31.6. The number of H-pyrrole nitrogens is 1. The highest BCUT2D eigenvalue weighted by atomic mass is 16.3. The molecule has 0 aliphatic carbocycles. The first kappa shape index (κ1) is 19.3. The fourth-order valence-corrected chi connectivity index (χ4v) is 3.98. The zero-order valence-corrected chi connectivity index (χ0v) is 17.0. The van der Waals surface area contributed by atoms with E-state index in [1.54, 1.807) is 0 Å². The molecule has 4 rings (SSSR count). The van der Waals surface area contributed by atoms with E-state index in [1.807, 2.05) is 12.3 Å². The number of phenols is 2. The summed E-state index contributed by atoms with van der Waals surface area (Å²) in [5.41, 5.74) is 7.03. The summed E-state index contributed by atoms with van der Waals surface area (Å²) in [6.45, 7) is 7.84. The van der Waals surface area contributed by atoms with Crippen molar-refractivity contribution in [2.24, 2.45) is 0 Å². The molecule has 6 heteroatoms. The summed E-state index contributed by atoms with van der Waals surface area (Å²) in [6, 6.07) is 9.78. The Morgan fingerprint density at radius 3 is 2.52 bits per heavy atom. The molecule has 0 saturated carbocycles. The van der Waals surface area contributed by atoms with Crippen LogP contribution >= 0.6 is 0 Å². The van der Waals surface area contributed by atoms with Gasteiger partial charge in [-0.15, -0.1) is 0 Å². The van der Waals surface area contributed by atoms with Crippen LogP contribution in [0.2, 0.25) is 0 Å². The van der Waals surface area contributed by atoms with Gasteiger partial charge in [0, 0.05) is 37.8 Å². The van der Waals surface area contributed by atoms with Crippen LogP contribution < -0.4 is 10.2 Å². The normalized spacial score (nSPS) is 14.3. The molecule has 0 atom stereocenters. The maximum atomic E-state index is 10.5. The van der Waals surface area contributed by atoms with Crippen molar-refractivity contribution in [3.05, 3.63) is 58.8 Å². The third-order valence-electron chi connectivity index (χ3n) is 5.71. The predicted octanol–water partition coefficient (Wildman–Crippen LogP) is 3.30. The van der Waals surface area contributed by atoms with E-state index in [0.29, 0.717) is 12.0 Å². The highest BCUT2D eigenvalue weighted by Crippen LogP contribution is 2.38. The zero-order chi connectivity index (χ0) is 20.4. The van der Waals surface area contributed by atoms with Crippen LogP contribution in [0.1, 0.15) is 22.3 Å². The van der Waals surface area contributed by atoms with Gasteiger partial charge in [0.25, 0.3) is 0 Å². The third-order valence-corrected chi connectivity index (χ3v) is 5.71. The Kier molecular flexibility index (Phi) is 5.45. The fourth-order valence-electron chi connectivity index (χ4n) is 3.98. The second kappa shape index (κ2) is 8.17. The van der Waals surface area contributed by atoms with Crippen molar-refractivity contribution in [2.45, 2.75) is 26.7 Å². The summed E-state index contributed by atoms with van der Waals surface area (Å²) < 4.78 is 0. The quantitative estimate of drug-likeness (QED) is 0.535. The van der Waals surface area contributed by atoms with E-state index in [2.05, 4.69) is 52.5 Å². The molecule has 0 spiro atoms. The summed E-state index contributed by atoms with van der Waals surface area (Å²) in [7, 11) is 0. The minimum atomic E-state index is 0.0543. The smallest absolute Gasteiger partial charge is 0.128 e. The van der Waals surface area contributed by atoms with Gasteiger partial charge in [0.2, 0.25) is 0 Å². The van der Waals surface area contributed by atoms with Gasteiger partial charge < -0.3 is 20.4 Å². The van der Waals surface area contributed by atoms with Crippen molar-refractivity contribution in [2.75, 3.05) is 31.1 Å². The van der Waals surface area contributed by atoms with Gasteiger partial charge in [0.05, 0.1) is 17.6 Å². The SMILES string of the molecule is Cc1ccc(C)c(CCc2cc(-c3[nH]ncc3N3CCNCC3)c(O)cc2O)c1. The van der Waals surface area contributed by atoms with Crippen LogP contribution in [0.5, 0.6) is 11.5 Å². The van der Waals surface area contributed by atoms with Gasteiger partial charge in [-0.25, -0.2) is 0 Å². The Bertz CT molecular complexity index is 1010. The van der Waals surface area contributed by atoms with Crippen LogP contribution in [0.15, 0.2) is 36.5 Å². The number of hydrogen-bond acceptors (Lipinski definition) is 5. The Hall–Kier alpha value is -2.99.